The molecule has 2 heterocycles. The molecule has 0 atom stereocenters. The molecule has 0 fully saturated rings. The van der Waals surface area contributed by atoms with Gasteiger partial charge in [0.2, 0.25) is 0 Å². The molecule has 0 bridgehead atoms. The van der Waals surface area contributed by atoms with Crippen molar-refractivity contribution in [1.82, 2.24) is 4.98 Å². The minimum atomic E-state index is 1.18. The van der Waals surface area contributed by atoms with Crippen LogP contribution in [0.1, 0.15) is 10.4 Å². The number of thiophene rings is 1. The van der Waals surface area contributed by atoms with Crippen LogP contribution in [0.2, 0.25) is 0 Å². The lowest BCUT2D eigenvalue weighted by molar-refractivity contribution is 1.57. The Kier molecular flexibility index (Phi) is 2.35. The van der Waals surface area contributed by atoms with Gasteiger partial charge in [0.05, 0.1) is 10.2 Å². The van der Waals surface area contributed by atoms with Crippen LogP contribution < -0.4 is 0 Å². The summed E-state index contributed by atoms with van der Waals surface area (Å²) in [7, 11) is 0. The van der Waals surface area contributed by atoms with Gasteiger partial charge in [-0.05, 0) is 11.6 Å². The van der Waals surface area contributed by atoms with Crippen LogP contribution in [0.15, 0.2) is 49.6 Å². The number of hydrogen-bond acceptors (Lipinski definition) is 1. The molecular weight excluding hydrogens is 262 g/mol. The number of hydrogen-bond donors (Lipinski definition) is 1. The summed E-state index contributed by atoms with van der Waals surface area (Å²) in [5, 5.41) is 3.80. The van der Waals surface area contributed by atoms with E-state index < -0.39 is 0 Å². The maximum absolute atomic E-state index is 3.93. The smallest absolute Gasteiger partial charge is 0.0646 e. The summed E-state index contributed by atoms with van der Waals surface area (Å²) in [5.41, 5.74) is 3.58. The van der Waals surface area contributed by atoms with Gasteiger partial charge in [0.15, 0.2) is 0 Å². The van der Waals surface area contributed by atoms with E-state index in [0.717, 1.165) is 0 Å². The maximum atomic E-state index is 3.93. The van der Waals surface area contributed by atoms with Gasteiger partial charge in [-0.25, -0.2) is 0 Å². The fourth-order valence-corrected chi connectivity index (χ4v) is 4.03. The lowest BCUT2D eigenvalue weighted by atomic mass is 10.1. The molecular formula is C18H13NS. The molecule has 0 aliphatic rings. The quantitative estimate of drug-likeness (QED) is 0.474. The standard InChI is InChI=1S/C18H13NS/c1-3-11-14-10-9-13-12-7-5-6-8-15(12)19-17(13)18(14)20-16(11)4-2/h3-10,19H,1-2H2. The Morgan fingerprint density at radius 3 is 2.50 bits per heavy atom. The van der Waals surface area contributed by atoms with Gasteiger partial charge in [-0.2, -0.15) is 0 Å². The first-order chi connectivity index (χ1) is 9.83. The first kappa shape index (κ1) is 11.5. The molecule has 2 heteroatoms. The molecule has 1 N–H and O–H groups in total. The number of fused-ring (bicyclic) bond motifs is 5. The Hall–Kier alpha value is -2.32. The summed E-state index contributed by atoms with van der Waals surface area (Å²) in [6, 6.07) is 12.8. The number of aromatic nitrogens is 1. The van der Waals surface area contributed by atoms with Gasteiger partial charge in [0.1, 0.15) is 0 Å². The van der Waals surface area contributed by atoms with Crippen LogP contribution in [-0.2, 0) is 0 Å². The van der Waals surface area contributed by atoms with Gasteiger partial charge in [-0.15, -0.1) is 11.3 Å². The van der Waals surface area contributed by atoms with E-state index in [4.69, 9.17) is 0 Å². The summed E-state index contributed by atoms with van der Waals surface area (Å²) in [4.78, 5) is 4.73. The van der Waals surface area contributed by atoms with Gasteiger partial charge in [-0.1, -0.05) is 55.6 Å². The van der Waals surface area contributed by atoms with E-state index in [1.165, 1.54) is 42.3 Å². The zero-order chi connectivity index (χ0) is 13.7. The van der Waals surface area contributed by atoms with Crippen molar-refractivity contribution in [2.75, 3.05) is 0 Å². The van der Waals surface area contributed by atoms with Gasteiger partial charge >= 0.3 is 0 Å². The van der Waals surface area contributed by atoms with Crippen molar-refractivity contribution in [2.45, 2.75) is 0 Å². The highest BCUT2D eigenvalue weighted by molar-refractivity contribution is 7.21. The maximum Gasteiger partial charge on any atom is 0.0646 e. The van der Waals surface area contributed by atoms with Gasteiger partial charge in [0.25, 0.3) is 0 Å². The van der Waals surface area contributed by atoms with Crippen molar-refractivity contribution >= 4 is 55.4 Å². The molecule has 96 valence electrons. The summed E-state index contributed by atoms with van der Waals surface area (Å²) < 4.78 is 1.28. The van der Waals surface area contributed by atoms with Crippen molar-refractivity contribution in [1.29, 1.82) is 0 Å². The number of nitrogens with one attached hydrogen (secondary N) is 1. The highest BCUT2D eigenvalue weighted by Crippen LogP contribution is 2.39. The van der Waals surface area contributed by atoms with Crippen LogP contribution >= 0.6 is 11.3 Å². The number of aromatic amines is 1. The van der Waals surface area contributed by atoms with Gasteiger partial charge in [-0.3, -0.25) is 0 Å². The molecule has 4 aromatic rings. The van der Waals surface area contributed by atoms with Crippen molar-refractivity contribution in [3.8, 4) is 0 Å². The topological polar surface area (TPSA) is 15.8 Å². The fourth-order valence-electron chi connectivity index (χ4n) is 2.87. The Bertz CT molecular complexity index is 985. The SMILES string of the molecule is C=Cc1sc2c(ccc3c4ccccc4[nH]c32)c1C=C. The number of para-hydroxylation sites is 1. The minimum Gasteiger partial charge on any atom is -0.353 e. The second-order valence-electron chi connectivity index (χ2n) is 4.82. The van der Waals surface area contributed by atoms with E-state index in [-0.39, 0.29) is 0 Å². The molecule has 0 amide bonds. The second kappa shape index (κ2) is 4.09. The molecule has 0 spiro atoms. The minimum absolute atomic E-state index is 1.18. The monoisotopic (exact) mass is 275 g/mol. The number of H-pyrrole nitrogens is 1. The Morgan fingerprint density at radius 1 is 0.900 bits per heavy atom. The fraction of sp³-hybridized carbons (Fsp3) is 0. The average molecular weight is 275 g/mol. The lowest BCUT2D eigenvalue weighted by Gasteiger charge is -1.95. The third-order valence-electron chi connectivity index (χ3n) is 3.79. The predicted molar refractivity (Wildman–Crippen MR) is 91.4 cm³/mol. The molecule has 0 aliphatic carbocycles. The molecule has 0 aliphatic heterocycles. The van der Waals surface area contributed by atoms with Crippen LogP contribution in [0.4, 0.5) is 0 Å². The highest BCUT2D eigenvalue weighted by Gasteiger charge is 2.13. The first-order valence-electron chi connectivity index (χ1n) is 6.54. The third kappa shape index (κ3) is 1.37. The Balaban J connectivity index is 2.26. The number of rotatable bonds is 2. The summed E-state index contributed by atoms with van der Waals surface area (Å²) in [5.74, 6) is 0. The van der Waals surface area contributed by atoms with E-state index in [1.54, 1.807) is 11.3 Å². The summed E-state index contributed by atoms with van der Waals surface area (Å²) >= 11 is 1.77. The van der Waals surface area contributed by atoms with E-state index in [2.05, 4.69) is 54.5 Å². The zero-order valence-electron chi connectivity index (χ0n) is 10.9. The van der Waals surface area contributed by atoms with Gasteiger partial charge < -0.3 is 4.98 Å². The van der Waals surface area contributed by atoms with Crippen molar-refractivity contribution in [3.63, 3.8) is 0 Å². The second-order valence-corrected chi connectivity index (χ2v) is 5.88. The third-order valence-corrected chi connectivity index (χ3v) is 5.03. The van der Waals surface area contributed by atoms with E-state index in [0.29, 0.717) is 0 Å². The molecule has 2 aromatic heterocycles. The molecule has 4 rings (SSSR count). The molecule has 20 heavy (non-hydrogen) atoms. The lowest BCUT2D eigenvalue weighted by Crippen LogP contribution is -1.72. The van der Waals surface area contributed by atoms with E-state index in [1.807, 2.05) is 12.2 Å². The normalized spacial score (nSPS) is 11.4. The Labute approximate surface area is 120 Å². The zero-order valence-corrected chi connectivity index (χ0v) is 11.8. The van der Waals surface area contributed by atoms with Crippen molar-refractivity contribution < 1.29 is 0 Å². The Morgan fingerprint density at radius 2 is 1.70 bits per heavy atom. The van der Waals surface area contributed by atoms with Crippen LogP contribution in [0.5, 0.6) is 0 Å². The average Bonchev–Trinajstić information content (AvgIpc) is 3.04. The first-order valence-corrected chi connectivity index (χ1v) is 7.36. The molecule has 0 unspecified atom stereocenters. The molecule has 1 nitrogen and oxygen atoms in total. The summed E-state index contributed by atoms with van der Waals surface area (Å²) in [6.07, 6.45) is 3.83. The summed E-state index contributed by atoms with van der Waals surface area (Å²) in [6.45, 7) is 7.84. The van der Waals surface area contributed by atoms with Crippen LogP contribution in [-0.4, -0.2) is 4.98 Å². The molecule has 0 saturated carbocycles. The van der Waals surface area contributed by atoms with E-state index >= 15 is 0 Å². The van der Waals surface area contributed by atoms with Crippen LogP contribution in [0.25, 0.3) is 44.0 Å². The predicted octanol–water partition coefficient (Wildman–Crippen LogP) is 5.82. The van der Waals surface area contributed by atoms with Crippen LogP contribution in [0.3, 0.4) is 0 Å². The molecule has 0 saturated heterocycles. The number of benzene rings is 2. The van der Waals surface area contributed by atoms with E-state index in [9.17, 15) is 0 Å². The molecule has 0 radical (unpaired) electrons. The van der Waals surface area contributed by atoms with Crippen LogP contribution in [0, 0.1) is 0 Å². The molecule has 2 aromatic carbocycles. The van der Waals surface area contributed by atoms with Gasteiger partial charge in [0, 0.05) is 26.6 Å². The largest absolute Gasteiger partial charge is 0.353 e. The highest BCUT2D eigenvalue weighted by atomic mass is 32.1. The van der Waals surface area contributed by atoms with Crippen molar-refractivity contribution in [2.24, 2.45) is 0 Å². The van der Waals surface area contributed by atoms with Crippen molar-refractivity contribution in [3.05, 3.63) is 60.0 Å².